The molecule has 0 fully saturated rings. The van der Waals surface area contributed by atoms with Gasteiger partial charge in [-0.2, -0.15) is 0 Å². The summed E-state index contributed by atoms with van der Waals surface area (Å²) in [6.45, 7) is 0.508. The second-order valence-electron chi connectivity index (χ2n) is 2.73. The Labute approximate surface area is 74.6 Å². The average molecular weight is 180 g/mol. The van der Waals surface area contributed by atoms with Gasteiger partial charge < -0.3 is 9.73 Å². The van der Waals surface area contributed by atoms with Gasteiger partial charge in [0.15, 0.2) is 11.4 Å². The Balaban J connectivity index is 2.55. The second kappa shape index (κ2) is 3.14. The van der Waals surface area contributed by atoms with Gasteiger partial charge in [-0.25, -0.2) is 9.37 Å². The Morgan fingerprint density at radius 1 is 1.54 bits per heavy atom. The van der Waals surface area contributed by atoms with Gasteiger partial charge in [0.1, 0.15) is 5.52 Å². The predicted octanol–water partition coefficient (Wildman–Crippen LogP) is 1.69. The maximum atomic E-state index is 13.1. The number of aromatic nitrogens is 1. The molecule has 1 aromatic carbocycles. The van der Waals surface area contributed by atoms with Crippen molar-refractivity contribution in [3.63, 3.8) is 0 Å². The molecule has 1 heterocycles. The third-order valence-electron chi connectivity index (χ3n) is 1.74. The number of benzene rings is 1. The van der Waals surface area contributed by atoms with Gasteiger partial charge in [-0.15, -0.1) is 0 Å². The fourth-order valence-electron chi connectivity index (χ4n) is 1.19. The number of para-hydroxylation sites is 1. The van der Waals surface area contributed by atoms with Gasteiger partial charge in [-0.3, -0.25) is 0 Å². The topological polar surface area (TPSA) is 38.1 Å². The summed E-state index contributed by atoms with van der Waals surface area (Å²) >= 11 is 0. The van der Waals surface area contributed by atoms with Gasteiger partial charge in [0.25, 0.3) is 0 Å². The lowest BCUT2D eigenvalue weighted by Crippen LogP contribution is -2.04. The van der Waals surface area contributed by atoms with Gasteiger partial charge in [-0.05, 0) is 19.2 Å². The molecule has 0 aliphatic carbocycles. The van der Waals surface area contributed by atoms with E-state index in [2.05, 4.69) is 10.3 Å². The van der Waals surface area contributed by atoms with E-state index >= 15 is 0 Å². The zero-order chi connectivity index (χ0) is 9.26. The summed E-state index contributed by atoms with van der Waals surface area (Å²) in [5.41, 5.74) is 0.790. The van der Waals surface area contributed by atoms with Crippen LogP contribution < -0.4 is 5.32 Å². The van der Waals surface area contributed by atoms with Gasteiger partial charge >= 0.3 is 0 Å². The van der Waals surface area contributed by atoms with Crippen LogP contribution in [0.5, 0.6) is 0 Å². The third-order valence-corrected chi connectivity index (χ3v) is 1.74. The first-order chi connectivity index (χ1) is 6.31. The average Bonchev–Trinajstić information content (AvgIpc) is 2.49. The zero-order valence-electron chi connectivity index (χ0n) is 7.17. The molecule has 0 aliphatic heterocycles. The van der Waals surface area contributed by atoms with Gasteiger partial charge in [-0.1, -0.05) is 6.07 Å². The van der Waals surface area contributed by atoms with E-state index in [0.29, 0.717) is 18.0 Å². The van der Waals surface area contributed by atoms with Crippen LogP contribution in [-0.2, 0) is 6.54 Å². The zero-order valence-corrected chi connectivity index (χ0v) is 7.17. The van der Waals surface area contributed by atoms with Gasteiger partial charge in [0.2, 0.25) is 5.89 Å². The van der Waals surface area contributed by atoms with Crippen molar-refractivity contribution in [1.82, 2.24) is 10.3 Å². The number of hydrogen-bond acceptors (Lipinski definition) is 3. The minimum Gasteiger partial charge on any atom is -0.436 e. The monoisotopic (exact) mass is 180 g/mol. The molecule has 1 N–H and O–H groups in total. The fourth-order valence-corrected chi connectivity index (χ4v) is 1.19. The largest absolute Gasteiger partial charge is 0.436 e. The number of nitrogens with zero attached hydrogens (tertiary/aromatic N) is 1. The highest BCUT2D eigenvalue weighted by Gasteiger charge is 2.07. The summed E-state index contributed by atoms with van der Waals surface area (Å²) in [6, 6.07) is 4.70. The van der Waals surface area contributed by atoms with Crippen LogP contribution in [0, 0.1) is 5.82 Å². The van der Waals surface area contributed by atoms with Crippen molar-refractivity contribution in [2.45, 2.75) is 6.54 Å². The maximum Gasteiger partial charge on any atom is 0.209 e. The number of hydrogen-bond donors (Lipinski definition) is 1. The second-order valence-corrected chi connectivity index (χ2v) is 2.73. The molecule has 3 nitrogen and oxygen atoms in total. The lowest BCUT2D eigenvalue weighted by Gasteiger charge is -1.89. The Hall–Kier alpha value is -1.42. The van der Waals surface area contributed by atoms with E-state index in [-0.39, 0.29) is 11.4 Å². The van der Waals surface area contributed by atoms with E-state index in [9.17, 15) is 4.39 Å². The molecule has 13 heavy (non-hydrogen) atoms. The molecule has 4 heteroatoms. The van der Waals surface area contributed by atoms with Crippen LogP contribution in [0.15, 0.2) is 22.6 Å². The lowest BCUT2D eigenvalue weighted by atomic mass is 10.3. The van der Waals surface area contributed by atoms with E-state index in [1.54, 1.807) is 19.2 Å². The number of oxazole rings is 1. The molecule has 0 unspecified atom stereocenters. The lowest BCUT2D eigenvalue weighted by molar-refractivity contribution is 0.492. The van der Waals surface area contributed by atoms with E-state index in [4.69, 9.17) is 4.42 Å². The van der Waals surface area contributed by atoms with Crippen LogP contribution in [0.2, 0.25) is 0 Å². The molecule has 0 saturated carbocycles. The first-order valence-corrected chi connectivity index (χ1v) is 4.00. The molecule has 2 aromatic rings. The highest BCUT2D eigenvalue weighted by atomic mass is 19.1. The van der Waals surface area contributed by atoms with Crippen LogP contribution in [0.1, 0.15) is 5.89 Å². The summed E-state index contributed by atoms with van der Waals surface area (Å²) in [6.07, 6.45) is 0. The highest BCUT2D eigenvalue weighted by Crippen LogP contribution is 2.18. The Kier molecular flexibility index (Phi) is 1.98. The first kappa shape index (κ1) is 8.19. The summed E-state index contributed by atoms with van der Waals surface area (Å²) in [4.78, 5) is 4.09. The first-order valence-electron chi connectivity index (χ1n) is 4.00. The van der Waals surface area contributed by atoms with Gasteiger partial charge in [0, 0.05) is 0 Å². The van der Waals surface area contributed by atoms with Crippen molar-refractivity contribution >= 4 is 11.1 Å². The number of halogens is 1. The van der Waals surface area contributed by atoms with Crippen LogP contribution >= 0.6 is 0 Å². The third kappa shape index (κ3) is 1.40. The summed E-state index contributed by atoms with van der Waals surface area (Å²) in [7, 11) is 1.78. The van der Waals surface area contributed by atoms with Crippen LogP contribution in [0.4, 0.5) is 4.39 Å². The molecule has 0 bridgehead atoms. The summed E-state index contributed by atoms with van der Waals surface area (Å²) < 4.78 is 18.3. The van der Waals surface area contributed by atoms with Crippen molar-refractivity contribution in [2.24, 2.45) is 0 Å². The van der Waals surface area contributed by atoms with Crippen LogP contribution in [-0.4, -0.2) is 12.0 Å². The maximum absolute atomic E-state index is 13.1. The van der Waals surface area contributed by atoms with Crippen molar-refractivity contribution in [2.75, 3.05) is 7.05 Å². The molecule has 0 saturated heterocycles. The molecule has 0 amide bonds. The molecule has 0 aliphatic rings. The Bertz CT molecular complexity index is 424. The molecule has 0 spiro atoms. The van der Waals surface area contributed by atoms with Crippen LogP contribution in [0.3, 0.4) is 0 Å². The SMILES string of the molecule is CNCc1nc2cccc(F)c2o1. The Morgan fingerprint density at radius 2 is 2.38 bits per heavy atom. The normalized spacial score (nSPS) is 10.9. The quantitative estimate of drug-likeness (QED) is 0.764. The van der Waals surface area contributed by atoms with E-state index in [1.807, 2.05) is 0 Å². The predicted molar refractivity (Wildman–Crippen MR) is 46.7 cm³/mol. The van der Waals surface area contributed by atoms with Crippen molar-refractivity contribution in [1.29, 1.82) is 0 Å². The van der Waals surface area contributed by atoms with Crippen molar-refractivity contribution in [3.8, 4) is 0 Å². The fraction of sp³-hybridized carbons (Fsp3) is 0.222. The van der Waals surface area contributed by atoms with Gasteiger partial charge in [0.05, 0.1) is 6.54 Å². The number of nitrogens with one attached hydrogen (secondary N) is 1. The van der Waals surface area contributed by atoms with Crippen molar-refractivity contribution in [3.05, 3.63) is 29.9 Å². The smallest absolute Gasteiger partial charge is 0.209 e. The molecular formula is C9H9FN2O. The summed E-state index contributed by atoms with van der Waals surface area (Å²) in [5.74, 6) is 0.134. The minimum absolute atomic E-state index is 0.229. The number of fused-ring (bicyclic) bond motifs is 1. The Morgan fingerprint density at radius 3 is 3.08 bits per heavy atom. The highest BCUT2D eigenvalue weighted by molar-refractivity contribution is 5.72. The molecule has 2 rings (SSSR count). The van der Waals surface area contributed by atoms with E-state index in [1.165, 1.54) is 6.07 Å². The molecule has 1 aromatic heterocycles. The van der Waals surface area contributed by atoms with E-state index < -0.39 is 0 Å². The standard InChI is InChI=1S/C9H9FN2O/c1-11-5-8-12-7-4-2-3-6(10)9(7)13-8/h2-4,11H,5H2,1H3. The number of rotatable bonds is 2. The molecule has 0 radical (unpaired) electrons. The molecule has 68 valence electrons. The molecule has 0 atom stereocenters. The van der Waals surface area contributed by atoms with Crippen LogP contribution in [0.25, 0.3) is 11.1 Å². The summed E-state index contributed by atoms with van der Waals surface area (Å²) in [5, 5.41) is 2.89. The minimum atomic E-state index is -0.368. The molecular weight excluding hydrogens is 171 g/mol. The van der Waals surface area contributed by atoms with Crippen molar-refractivity contribution < 1.29 is 8.81 Å². The van der Waals surface area contributed by atoms with E-state index in [0.717, 1.165) is 0 Å².